The Morgan fingerprint density at radius 3 is 1.87 bits per heavy atom. The first-order valence-corrected chi connectivity index (χ1v) is 7.83. The number of fused-ring (bicyclic) bond motifs is 3. The second-order valence-electron chi connectivity index (χ2n) is 6.30. The molecule has 1 amide bonds. The fraction of sp³-hybridized carbons (Fsp3) is 0.263. The van der Waals surface area contributed by atoms with Crippen molar-refractivity contribution in [2.45, 2.75) is 19.5 Å². The maximum Gasteiger partial charge on any atom is 0.307 e. The van der Waals surface area contributed by atoms with E-state index in [1.807, 2.05) is 36.4 Å². The van der Waals surface area contributed by atoms with Gasteiger partial charge >= 0.3 is 5.97 Å². The van der Waals surface area contributed by atoms with E-state index in [9.17, 15) is 9.59 Å². The molecule has 2 atom stereocenters. The Morgan fingerprint density at radius 2 is 1.39 bits per heavy atom. The van der Waals surface area contributed by atoms with Gasteiger partial charge in [-0.3, -0.25) is 9.59 Å². The number of nitrogens with zero attached hydrogens (tertiary/aromatic N) is 1. The average molecular weight is 307 g/mol. The van der Waals surface area contributed by atoms with Gasteiger partial charge in [-0.1, -0.05) is 48.5 Å². The van der Waals surface area contributed by atoms with E-state index in [0.29, 0.717) is 19.5 Å². The minimum atomic E-state index is -0.862. The number of carboxylic acids is 1. The lowest BCUT2D eigenvalue weighted by molar-refractivity contribution is -0.142. The smallest absolute Gasteiger partial charge is 0.307 e. The van der Waals surface area contributed by atoms with Gasteiger partial charge in [0.15, 0.2) is 0 Å². The van der Waals surface area contributed by atoms with E-state index < -0.39 is 11.9 Å². The molecule has 116 valence electrons. The van der Waals surface area contributed by atoms with Gasteiger partial charge in [0.1, 0.15) is 0 Å². The number of carboxylic acid groups (broad SMARTS) is 1. The van der Waals surface area contributed by atoms with Crippen LogP contribution in [0.25, 0.3) is 11.1 Å². The van der Waals surface area contributed by atoms with E-state index in [1.165, 1.54) is 0 Å². The van der Waals surface area contributed by atoms with Crippen LogP contribution in [-0.2, 0) is 22.7 Å². The Morgan fingerprint density at radius 1 is 0.870 bits per heavy atom. The molecule has 4 rings (SSSR count). The van der Waals surface area contributed by atoms with Crippen molar-refractivity contribution in [3.8, 4) is 11.1 Å². The molecule has 2 aromatic carbocycles. The van der Waals surface area contributed by atoms with Crippen LogP contribution in [0.1, 0.15) is 17.5 Å². The van der Waals surface area contributed by atoms with Gasteiger partial charge in [0.2, 0.25) is 5.91 Å². The highest BCUT2D eigenvalue weighted by Crippen LogP contribution is 2.42. The fourth-order valence-electron chi connectivity index (χ4n) is 3.44. The zero-order chi connectivity index (χ0) is 16.0. The van der Waals surface area contributed by atoms with Crippen LogP contribution in [0.2, 0.25) is 0 Å². The van der Waals surface area contributed by atoms with Crippen LogP contribution in [-0.4, -0.2) is 21.9 Å². The lowest BCUT2D eigenvalue weighted by atomic mass is 9.97. The molecule has 2 aliphatic rings. The van der Waals surface area contributed by atoms with Crippen LogP contribution < -0.4 is 0 Å². The summed E-state index contributed by atoms with van der Waals surface area (Å²) < 4.78 is 0. The van der Waals surface area contributed by atoms with Gasteiger partial charge in [0, 0.05) is 13.1 Å². The van der Waals surface area contributed by atoms with Crippen molar-refractivity contribution >= 4 is 11.9 Å². The van der Waals surface area contributed by atoms with Gasteiger partial charge in [-0.15, -0.1) is 0 Å². The number of hydrogen-bond donors (Lipinski definition) is 1. The van der Waals surface area contributed by atoms with Crippen molar-refractivity contribution in [2.24, 2.45) is 11.8 Å². The summed E-state index contributed by atoms with van der Waals surface area (Å²) in [5, 5.41) is 9.07. The summed E-state index contributed by atoms with van der Waals surface area (Å²) in [5.74, 6) is -1.76. The van der Waals surface area contributed by atoms with Gasteiger partial charge in [-0.05, 0) is 28.7 Å². The van der Waals surface area contributed by atoms with Crippen molar-refractivity contribution in [2.75, 3.05) is 0 Å². The van der Waals surface area contributed by atoms with Crippen LogP contribution in [0.5, 0.6) is 0 Å². The summed E-state index contributed by atoms with van der Waals surface area (Å²) >= 11 is 0. The molecule has 0 saturated heterocycles. The highest BCUT2D eigenvalue weighted by molar-refractivity contribution is 5.90. The Bertz CT molecular complexity index is 751. The molecule has 1 fully saturated rings. The summed E-state index contributed by atoms with van der Waals surface area (Å²) in [5.41, 5.74) is 4.53. The highest BCUT2D eigenvalue weighted by Gasteiger charge is 2.50. The summed E-state index contributed by atoms with van der Waals surface area (Å²) in [6.07, 6.45) is 0.466. The van der Waals surface area contributed by atoms with E-state index in [-0.39, 0.29) is 11.8 Å². The Kier molecular flexibility index (Phi) is 3.18. The van der Waals surface area contributed by atoms with Crippen LogP contribution in [0.3, 0.4) is 0 Å². The first-order chi connectivity index (χ1) is 11.1. The second-order valence-corrected chi connectivity index (χ2v) is 6.30. The van der Waals surface area contributed by atoms with Crippen molar-refractivity contribution in [3.63, 3.8) is 0 Å². The number of aliphatic carboxylic acids is 1. The summed E-state index contributed by atoms with van der Waals surface area (Å²) in [4.78, 5) is 25.6. The topological polar surface area (TPSA) is 57.6 Å². The molecule has 2 aromatic rings. The SMILES string of the molecule is O=C(O)C1CC1C(=O)N1Cc2ccccc2-c2ccccc2C1. The summed E-state index contributed by atoms with van der Waals surface area (Å²) in [7, 11) is 0. The van der Waals surface area contributed by atoms with Gasteiger partial charge in [0.05, 0.1) is 11.8 Å². The Labute approximate surface area is 134 Å². The van der Waals surface area contributed by atoms with E-state index in [4.69, 9.17) is 5.11 Å². The van der Waals surface area contributed by atoms with E-state index in [0.717, 1.165) is 22.3 Å². The van der Waals surface area contributed by atoms with Gasteiger partial charge in [-0.2, -0.15) is 0 Å². The number of rotatable bonds is 2. The number of hydrogen-bond acceptors (Lipinski definition) is 2. The van der Waals surface area contributed by atoms with Gasteiger partial charge in [0.25, 0.3) is 0 Å². The van der Waals surface area contributed by atoms with Gasteiger partial charge in [-0.25, -0.2) is 0 Å². The maximum atomic E-state index is 12.7. The molecule has 0 radical (unpaired) electrons. The lowest BCUT2D eigenvalue weighted by Crippen LogP contribution is -2.31. The standard InChI is InChI=1S/C19H17NO3/c21-18(16-9-17(16)19(22)23)20-10-12-5-1-3-7-14(12)15-8-4-2-6-13(15)11-20/h1-8,16-17H,9-11H2,(H,22,23). The minimum Gasteiger partial charge on any atom is -0.481 e. The first kappa shape index (κ1) is 14.0. The molecular formula is C19H17NO3. The molecular weight excluding hydrogens is 290 g/mol. The second kappa shape index (κ2) is 5.23. The Hall–Kier alpha value is -2.62. The third-order valence-corrected chi connectivity index (χ3v) is 4.78. The van der Waals surface area contributed by atoms with Crippen LogP contribution in [0, 0.1) is 11.8 Å². The molecule has 0 bridgehead atoms. The summed E-state index contributed by atoms with van der Waals surface area (Å²) in [6, 6.07) is 16.2. The molecule has 1 aliphatic heterocycles. The third-order valence-electron chi connectivity index (χ3n) is 4.78. The molecule has 4 nitrogen and oxygen atoms in total. The number of carbonyl (C=O) groups is 2. The number of amides is 1. The van der Waals surface area contributed by atoms with E-state index in [2.05, 4.69) is 12.1 Å². The van der Waals surface area contributed by atoms with Crippen molar-refractivity contribution < 1.29 is 14.7 Å². The van der Waals surface area contributed by atoms with Crippen molar-refractivity contribution in [3.05, 3.63) is 59.7 Å². The summed E-state index contributed by atoms with van der Waals surface area (Å²) in [6.45, 7) is 1.07. The maximum absolute atomic E-state index is 12.7. The molecule has 2 unspecified atom stereocenters. The molecule has 1 heterocycles. The number of carbonyl (C=O) groups excluding carboxylic acids is 1. The predicted molar refractivity (Wildman–Crippen MR) is 85.4 cm³/mol. The third kappa shape index (κ3) is 2.40. The van der Waals surface area contributed by atoms with Crippen molar-refractivity contribution in [1.29, 1.82) is 0 Å². The number of benzene rings is 2. The van der Waals surface area contributed by atoms with Crippen LogP contribution >= 0.6 is 0 Å². The molecule has 1 aliphatic carbocycles. The minimum absolute atomic E-state index is 0.0380. The molecule has 4 heteroatoms. The molecule has 0 spiro atoms. The highest BCUT2D eigenvalue weighted by atomic mass is 16.4. The van der Waals surface area contributed by atoms with Crippen molar-refractivity contribution in [1.82, 2.24) is 4.90 Å². The molecule has 1 saturated carbocycles. The zero-order valence-electron chi connectivity index (χ0n) is 12.6. The molecule has 1 N–H and O–H groups in total. The molecule has 0 aromatic heterocycles. The van der Waals surface area contributed by atoms with E-state index >= 15 is 0 Å². The van der Waals surface area contributed by atoms with Crippen LogP contribution in [0.4, 0.5) is 0 Å². The normalized spacial score (nSPS) is 21.8. The Balaban J connectivity index is 1.70. The fourth-order valence-corrected chi connectivity index (χ4v) is 3.44. The first-order valence-electron chi connectivity index (χ1n) is 7.83. The van der Waals surface area contributed by atoms with Crippen LogP contribution in [0.15, 0.2) is 48.5 Å². The monoisotopic (exact) mass is 307 g/mol. The van der Waals surface area contributed by atoms with Gasteiger partial charge < -0.3 is 10.0 Å². The van der Waals surface area contributed by atoms with E-state index in [1.54, 1.807) is 4.90 Å². The lowest BCUT2D eigenvalue weighted by Gasteiger charge is -2.21. The average Bonchev–Trinajstić information content (AvgIpc) is 3.36. The zero-order valence-corrected chi connectivity index (χ0v) is 12.6. The largest absolute Gasteiger partial charge is 0.481 e. The predicted octanol–water partition coefficient (Wildman–Crippen LogP) is 2.92. The molecule has 23 heavy (non-hydrogen) atoms. The quantitative estimate of drug-likeness (QED) is 0.928.